The van der Waals surface area contributed by atoms with Gasteiger partial charge in [-0.3, -0.25) is 4.79 Å². The molecule has 2 heterocycles. The van der Waals surface area contributed by atoms with E-state index < -0.39 is 5.97 Å². The molecule has 0 aliphatic carbocycles. The van der Waals surface area contributed by atoms with E-state index in [0.717, 1.165) is 9.48 Å². The predicted octanol–water partition coefficient (Wildman–Crippen LogP) is 1.41. The first-order valence-corrected chi connectivity index (χ1v) is 5.62. The fourth-order valence-corrected chi connectivity index (χ4v) is 1.61. The zero-order valence-electron chi connectivity index (χ0n) is 8.63. The van der Waals surface area contributed by atoms with Gasteiger partial charge in [0.05, 0.1) is 0 Å². The van der Waals surface area contributed by atoms with Crippen LogP contribution in [-0.2, 0) is 9.59 Å². The van der Waals surface area contributed by atoms with Crippen molar-refractivity contribution in [1.29, 1.82) is 0 Å². The van der Waals surface area contributed by atoms with E-state index in [4.69, 9.17) is 5.11 Å². The average molecular weight is 298 g/mol. The van der Waals surface area contributed by atoms with Crippen molar-refractivity contribution >= 4 is 39.3 Å². The Morgan fingerprint density at radius 3 is 2.76 bits per heavy atom. The van der Waals surface area contributed by atoms with Crippen LogP contribution in [0.3, 0.4) is 0 Å². The highest BCUT2D eigenvalue weighted by Gasteiger charge is 2.25. The first kappa shape index (κ1) is 11.7. The maximum absolute atomic E-state index is 11.6. The number of aliphatic carboxylic acids is 1. The fraction of sp³-hybridized carbons (Fsp3) is 0.200. The summed E-state index contributed by atoms with van der Waals surface area (Å²) in [5, 5.41) is 13.6. The van der Waals surface area contributed by atoms with E-state index in [1.165, 1.54) is 6.20 Å². The monoisotopic (exact) mass is 297 g/mol. The van der Waals surface area contributed by atoms with Gasteiger partial charge in [0.2, 0.25) is 5.91 Å². The molecule has 6 nitrogen and oxygen atoms in total. The summed E-state index contributed by atoms with van der Waals surface area (Å²) in [6, 6.07) is 3.30. The molecule has 1 aromatic rings. The second-order valence-electron chi connectivity index (χ2n) is 3.39. The van der Waals surface area contributed by atoms with Gasteiger partial charge in [-0.1, -0.05) is 0 Å². The Kier molecular flexibility index (Phi) is 3.19. The van der Waals surface area contributed by atoms with Gasteiger partial charge in [0, 0.05) is 23.5 Å². The largest absolute Gasteiger partial charge is 0.477 e. The van der Waals surface area contributed by atoms with E-state index in [9.17, 15) is 9.59 Å². The molecule has 0 bridgehead atoms. The van der Waals surface area contributed by atoms with Crippen molar-refractivity contribution in [3.8, 4) is 0 Å². The van der Waals surface area contributed by atoms with Gasteiger partial charge in [-0.05, 0) is 28.1 Å². The van der Waals surface area contributed by atoms with Crippen molar-refractivity contribution in [2.75, 3.05) is 5.01 Å². The Bertz CT molecular complexity index is 498. The quantitative estimate of drug-likeness (QED) is 0.895. The van der Waals surface area contributed by atoms with Crippen LogP contribution >= 0.6 is 15.9 Å². The molecule has 0 unspecified atom stereocenters. The molecule has 1 aliphatic heterocycles. The molecule has 17 heavy (non-hydrogen) atoms. The molecule has 0 radical (unpaired) electrons. The first-order valence-electron chi connectivity index (χ1n) is 4.83. The lowest BCUT2D eigenvalue weighted by atomic mass is 10.2. The van der Waals surface area contributed by atoms with Gasteiger partial charge in [0.1, 0.15) is 5.71 Å². The third-order valence-electron chi connectivity index (χ3n) is 2.21. The molecular formula is C10H8BrN3O3. The van der Waals surface area contributed by atoms with Crippen molar-refractivity contribution in [1.82, 2.24) is 4.98 Å². The van der Waals surface area contributed by atoms with Gasteiger partial charge >= 0.3 is 5.97 Å². The molecule has 0 spiro atoms. The number of carbonyl (C=O) groups is 2. The molecule has 0 saturated carbocycles. The molecule has 1 aliphatic rings. The zero-order valence-corrected chi connectivity index (χ0v) is 10.2. The van der Waals surface area contributed by atoms with Crippen LogP contribution in [-0.4, -0.2) is 27.7 Å². The van der Waals surface area contributed by atoms with Crippen molar-refractivity contribution < 1.29 is 14.7 Å². The summed E-state index contributed by atoms with van der Waals surface area (Å²) in [5.74, 6) is -1.05. The van der Waals surface area contributed by atoms with E-state index in [1.54, 1.807) is 12.1 Å². The molecule has 0 saturated heterocycles. The number of carbonyl (C=O) groups excluding carboxylic acids is 1. The van der Waals surface area contributed by atoms with E-state index in [1.807, 2.05) is 0 Å². The van der Waals surface area contributed by atoms with Gasteiger partial charge in [0.25, 0.3) is 0 Å². The Hall–Kier alpha value is -1.76. The van der Waals surface area contributed by atoms with Crippen molar-refractivity contribution in [3.63, 3.8) is 0 Å². The highest BCUT2D eigenvalue weighted by Crippen LogP contribution is 2.19. The lowest BCUT2D eigenvalue weighted by Crippen LogP contribution is -2.34. The second kappa shape index (κ2) is 4.62. The van der Waals surface area contributed by atoms with Crippen molar-refractivity contribution in [2.24, 2.45) is 5.10 Å². The number of nitrogens with zero attached hydrogens (tertiary/aromatic N) is 3. The van der Waals surface area contributed by atoms with E-state index in [2.05, 4.69) is 26.0 Å². The number of rotatable bonds is 2. The summed E-state index contributed by atoms with van der Waals surface area (Å²) in [7, 11) is 0. The summed E-state index contributed by atoms with van der Waals surface area (Å²) in [5.41, 5.74) is -0.0330. The summed E-state index contributed by atoms with van der Waals surface area (Å²) in [6.45, 7) is 0. The number of carboxylic acid groups (broad SMARTS) is 1. The molecule has 0 fully saturated rings. The number of anilines is 1. The third kappa shape index (κ3) is 2.50. The SMILES string of the molecule is O=C(O)C1=NN(c2ccc(Br)cn2)C(=O)CC1. The Morgan fingerprint density at radius 2 is 2.18 bits per heavy atom. The average Bonchev–Trinajstić information content (AvgIpc) is 2.31. The Balaban J connectivity index is 2.35. The highest BCUT2D eigenvalue weighted by molar-refractivity contribution is 9.10. The number of amides is 1. The number of carboxylic acids is 1. The fourth-order valence-electron chi connectivity index (χ4n) is 1.38. The van der Waals surface area contributed by atoms with Crippen LogP contribution in [0.5, 0.6) is 0 Å². The standard InChI is InChI=1S/C10H8BrN3O3/c11-6-1-3-8(12-5-6)14-9(15)4-2-7(13-14)10(16)17/h1,3,5H,2,4H2,(H,16,17). The molecule has 7 heteroatoms. The van der Waals surface area contributed by atoms with E-state index in [0.29, 0.717) is 5.82 Å². The third-order valence-corrected chi connectivity index (χ3v) is 2.68. The van der Waals surface area contributed by atoms with Crippen LogP contribution in [0, 0.1) is 0 Å². The first-order chi connectivity index (χ1) is 8.08. The minimum atomic E-state index is -1.11. The maximum atomic E-state index is 11.6. The van der Waals surface area contributed by atoms with Gasteiger partial charge in [-0.15, -0.1) is 0 Å². The highest BCUT2D eigenvalue weighted by atomic mass is 79.9. The number of hydrogen-bond acceptors (Lipinski definition) is 4. The van der Waals surface area contributed by atoms with Gasteiger partial charge < -0.3 is 5.11 Å². The van der Waals surface area contributed by atoms with Crippen molar-refractivity contribution in [3.05, 3.63) is 22.8 Å². The lowest BCUT2D eigenvalue weighted by molar-refractivity contribution is -0.129. The number of hydrazone groups is 1. The molecule has 88 valence electrons. The predicted molar refractivity (Wildman–Crippen MR) is 63.7 cm³/mol. The summed E-state index contributed by atoms with van der Waals surface area (Å²) in [4.78, 5) is 26.4. The number of halogens is 1. The molecule has 0 aromatic carbocycles. The van der Waals surface area contributed by atoms with Crippen molar-refractivity contribution in [2.45, 2.75) is 12.8 Å². The van der Waals surface area contributed by atoms with Gasteiger partial charge in [-0.2, -0.15) is 10.1 Å². The number of pyridine rings is 1. The Labute approximate surface area is 105 Å². The lowest BCUT2D eigenvalue weighted by Gasteiger charge is -2.20. The second-order valence-corrected chi connectivity index (χ2v) is 4.31. The van der Waals surface area contributed by atoms with Gasteiger partial charge in [0.15, 0.2) is 5.82 Å². The Morgan fingerprint density at radius 1 is 1.41 bits per heavy atom. The normalized spacial score (nSPS) is 15.7. The van der Waals surface area contributed by atoms with E-state index >= 15 is 0 Å². The minimum absolute atomic E-state index is 0.0330. The molecule has 1 N–H and O–H groups in total. The van der Waals surface area contributed by atoms with Crippen LogP contribution in [0.4, 0.5) is 5.82 Å². The summed E-state index contributed by atoms with van der Waals surface area (Å²) >= 11 is 3.22. The molecule has 2 rings (SSSR count). The van der Waals surface area contributed by atoms with Crippen LogP contribution in [0.25, 0.3) is 0 Å². The number of hydrogen-bond donors (Lipinski definition) is 1. The zero-order chi connectivity index (χ0) is 12.4. The van der Waals surface area contributed by atoms with Gasteiger partial charge in [-0.25, -0.2) is 9.78 Å². The maximum Gasteiger partial charge on any atom is 0.352 e. The molecule has 0 atom stereocenters. The van der Waals surface area contributed by atoms with Crippen LogP contribution in [0.2, 0.25) is 0 Å². The molecular weight excluding hydrogens is 290 g/mol. The van der Waals surface area contributed by atoms with Crippen LogP contribution < -0.4 is 5.01 Å². The molecule has 1 amide bonds. The van der Waals surface area contributed by atoms with E-state index in [-0.39, 0.29) is 24.5 Å². The van der Waals surface area contributed by atoms with Crippen LogP contribution in [0.15, 0.2) is 27.9 Å². The summed E-state index contributed by atoms with van der Waals surface area (Å²) < 4.78 is 0.771. The smallest absolute Gasteiger partial charge is 0.352 e. The van der Waals surface area contributed by atoms with Crippen LogP contribution in [0.1, 0.15) is 12.8 Å². The number of aromatic nitrogens is 1. The molecule has 1 aromatic heterocycles. The minimum Gasteiger partial charge on any atom is -0.477 e. The summed E-state index contributed by atoms with van der Waals surface area (Å²) in [6.07, 6.45) is 1.80. The topological polar surface area (TPSA) is 82.9 Å².